The average Bonchev–Trinajstić information content (AvgIpc) is 3.47. The zero-order valence-electron chi connectivity index (χ0n) is 18.1. The number of nitrogens with one attached hydrogen (secondary N) is 3. The summed E-state index contributed by atoms with van der Waals surface area (Å²) in [6.45, 7) is 8.89. The second kappa shape index (κ2) is 11.0. The Hall–Kier alpha value is -2.61. The Morgan fingerprint density at radius 1 is 0.967 bits per heavy atom. The normalized spacial score (nSPS) is 18.7. The maximum atomic E-state index is 12.5. The molecule has 1 unspecified atom stereocenters. The van der Waals surface area contributed by atoms with Crippen LogP contribution in [0.3, 0.4) is 0 Å². The largest absolute Gasteiger partial charge is 0.508 e. The lowest BCUT2D eigenvalue weighted by atomic mass is 10.0. The molecule has 8 heteroatoms. The molecule has 0 aliphatic carbocycles. The number of ether oxygens (including phenoxy) is 1. The minimum absolute atomic E-state index is 0.191. The minimum atomic E-state index is -0.869. The molecule has 0 saturated carbocycles. The molecule has 2 rings (SSSR count). The van der Waals surface area contributed by atoms with Crippen LogP contribution >= 0.6 is 0 Å². The molecule has 1 fully saturated rings. The van der Waals surface area contributed by atoms with Gasteiger partial charge in [0.1, 0.15) is 11.8 Å². The van der Waals surface area contributed by atoms with Crippen molar-refractivity contribution in [1.29, 1.82) is 0 Å². The monoisotopic (exact) mass is 419 g/mol. The first-order valence-electron chi connectivity index (χ1n) is 10.5. The number of benzene rings is 1. The minimum Gasteiger partial charge on any atom is -0.508 e. The molecular formula is C22H33N3O5. The first-order valence-corrected chi connectivity index (χ1v) is 10.5. The Bertz CT molecular complexity index is 733. The smallest absolute Gasteiger partial charge is 0.253 e. The van der Waals surface area contributed by atoms with Crippen LogP contribution < -0.4 is 16.0 Å². The van der Waals surface area contributed by atoms with Gasteiger partial charge in [0.2, 0.25) is 5.91 Å². The lowest BCUT2D eigenvalue weighted by Gasteiger charge is -2.20. The molecule has 1 saturated heterocycles. The Kier molecular flexibility index (Phi) is 8.65. The van der Waals surface area contributed by atoms with E-state index in [-0.39, 0.29) is 23.5 Å². The van der Waals surface area contributed by atoms with Crippen LogP contribution in [0.1, 0.15) is 39.7 Å². The summed E-state index contributed by atoms with van der Waals surface area (Å²) in [7, 11) is 0. The lowest BCUT2D eigenvalue weighted by molar-refractivity contribution is -0.130. The van der Waals surface area contributed by atoms with Crippen LogP contribution in [0.5, 0.6) is 5.75 Å². The van der Waals surface area contributed by atoms with E-state index < -0.39 is 24.2 Å². The summed E-state index contributed by atoms with van der Waals surface area (Å²) in [4.78, 5) is 37.1. The highest BCUT2D eigenvalue weighted by molar-refractivity contribution is 5.97. The maximum absolute atomic E-state index is 12.5. The van der Waals surface area contributed by atoms with Gasteiger partial charge in [-0.25, -0.2) is 0 Å². The highest BCUT2D eigenvalue weighted by Crippen LogP contribution is 2.23. The second-order valence-corrected chi connectivity index (χ2v) is 8.51. The van der Waals surface area contributed by atoms with Crippen LogP contribution in [-0.4, -0.2) is 54.2 Å². The number of epoxide rings is 1. The molecule has 1 heterocycles. The van der Waals surface area contributed by atoms with Crippen molar-refractivity contribution < 1.29 is 24.2 Å². The van der Waals surface area contributed by atoms with E-state index in [1.807, 2.05) is 27.7 Å². The van der Waals surface area contributed by atoms with E-state index in [9.17, 15) is 19.5 Å². The molecule has 0 aromatic heterocycles. The fourth-order valence-electron chi connectivity index (χ4n) is 2.99. The Morgan fingerprint density at radius 3 is 2.20 bits per heavy atom. The standard InChI is InChI=1S/C22H33N3O5/c1-13(2)11-17(20(27)24-12-14(3)4)25-22(29)19-18(30-19)21(28)23-10-9-15-5-7-16(26)8-6-15/h5-8,13-14,17-19,26H,9-12H2,1-4H3,(H,23,28)(H,24,27)(H,25,29)/t17-,18-,19?/m0/s1. The summed E-state index contributed by atoms with van der Waals surface area (Å²) in [5, 5.41) is 17.6. The molecule has 1 aliphatic rings. The van der Waals surface area contributed by atoms with Gasteiger partial charge in [0.25, 0.3) is 11.8 Å². The van der Waals surface area contributed by atoms with Crippen molar-refractivity contribution >= 4 is 17.7 Å². The number of phenols is 1. The summed E-state index contributed by atoms with van der Waals surface area (Å²) < 4.78 is 5.25. The van der Waals surface area contributed by atoms with Crippen molar-refractivity contribution in [3.05, 3.63) is 29.8 Å². The topological polar surface area (TPSA) is 120 Å². The average molecular weight is 420 g/mol. The van der Waals surface area contributed by atoms with Gasteiger partial charge in [0.05, 0.1) is 0 Å². The van der Waals surface area contributed by atoms with Crippen molar-refractivity contribution in [3.63, 3.8) is 0 Å². The number of carbonyl (C=O) groups excluding carboxylic acids is 3. The third-order valence-corrected chi connectivity index (χ3v) is 4.68. The third kappa shape index (κ3) is 7.67. The van der Waals surface area contributed by atoms with E-state index in [4.69, 9.17) is 4.74 Å². The summed E-state index contributed by atoms with van der Waals surface area (Å²) >= 11 is 0. The zero-order chi connectivity index (χ0) is 22.3. The Labute approximate surface area is 177 Å². The summed E-state index contributed by atoms with van der Waals surface area (Å²) in [5.41, 5.74) is 0.975. The van der Waals surface area contributed by atoms with E-state index in [1.165, 1.54) is 0 Å². The quantitative estimate of drug-likeness (QED) is 0.401. The summed E-state index contributed by atoms with van der Waals surface area (Å²) in [5.74, 6) is -0.291. The van der Waals surface area contributed by atoms with Gasteiger partial charge in [-0.2, -0.15) is 0 Å². The molecule has 8 nitrogen and oxygen atoms in total. The molecule has 30 heavy (non-hydrogen) atoms. The molecule has 3 amide bonds. The van der Waals surface area contributed by atoms with Gasteiger partial charge in [-0.3, -0.25) is 14.4 Å². The molecule has 0 radical (unpaired) electrons. The van der Waals surface area contributed by atoms with Gasteiger partial charge in [0, 0.05) is 13.1 Å². The molecule has 3 atom stereocenters. The molecular weight excluding hydrogens is 386 g/mol. The van der Waals surface area contributed by atoms with Gasteiger partial charge >= 0.3 is 0 Å². The van der Waals surface area contributed by atoms with E-state index >= 15 is 0 Å². The number of carbonyl (C=O) groups is 3. The summed E-state index contributed by atoms with van der Waals surface area (Å²) in [6, 6.07) is 6.09. The Morgan fingerprint density at radius 2 is 1.60 bits per heavy atom. The molecule has 1 aliphatic heterocycles. The predicted molar refractivity (Wildman–Crippen MR) is 113 cm³/mol. The molecule has 0 spiro atoms. The number of phenolic OH excluding ortho intramolecular Hbond substituents is 1. The number of rotatable bonds is 11. The fourth-order valence-corrected chi connectivity index (χ4v) is 2.99. The van der Waals surface area contributed by atoms with Crippen LogP contribution in [0.15, 0.2) is 24.3 Å². The highest BCUT2D eigenvalue weighted by Gasteiger charge is 2.50. The highest BCUT2D eigenvalue weighted by atomic mass is 16.6. The van der Waals surface area contributed by atoms with Gasteiger partial charge in [0.15, 0.2) is 12.2 Å². The van der Waals surface area contributed by atoms with E-state index in [1.54, 1.807) is 24.3 Å². The maximum Gasteiger partial charge on any atom is 0.253 e. The number of amides is 3. The van der Waals surface area contributed by atoms with Gasteiger partial charge in [-0.05, 0) is 42.4 Å². The number of hydrogen-bond acceptors (Lipinski definition) is 5. The molecule has 166 valence electrons. The van der Waals surface area contributed by atoms with Crippen molar-refractivity contribution in [2.75, 3.05) is 13.1 Å². The van der Waals surface area contributed by atoms with E-state index in [2.05, 4.69) is 16.0 Å². The second-order valence-electron chi connectivity index (χ2n) is 8.51. The van der Waals surface area contributed by atoms with Crippen LogP contribution in [0, 0.1) is 11.8 Å². The number of hydrogen-bond donors (Lipinski definition) is 4. The van der Waals surface area contributed by atoms with Gasteiger partial charge in [-0.1, -0.05) is 39.8 Å². The predicted octanol–water partition coefficient (Wildman–Crippen LogP) is 1.12. The lowest BCUT2D eigenvalue weighted by Crippen LogP contribution is -2.49. The number of aromatic hydroxyl groups is 1. The Balaban J connectivity index is 1.78. The molecule has 4 N–H and O–H groups in total. The fraction of sp³-hybridized carbons (Fsp3) is 0.591. The van der Waals surface area contributed by atoms with Crippen molar-refractivity contribution in [2.24, 2.45) is 11.8 Å². The van der Waals surface area contributed by atoms with Gasteiger partial charge in [-0.15, -0.1) is 0 Å². The van der Waals surface area contributed by atoms with Crippen LogP contribution in [0.25, 0.3) is 0 Å². The van der Waals surface area contributed by atoms with Crippen LogP contribution in [-0.2, 0) is 25.5 Å². The van der Waals surface area contributed by atoms with Crippen molar-refractivity contribution in [2.45, 2.75) is 58.8 Å². The van der Waals surface area contributed by atoms with Crippen LogP contribution in [0.4, 0.5) is 0 Å². The van der Waals surface area contributed by atoms with Crippen LogP contribution in [0.2, 0.25) is 0 Å². The molecule has 0 bridgehead atoms. The van der Waals surface area contributed by atoms with Crippen molar-refractivity contribution in [1.82, 2.24) is 16.0 Å². The van der Waals surface area contributed by atoms with Crippen molar-refractivity contribution in [3.8, 4) is 5.75 Å². The molecule has 1 aromatic carbocycles. The van der Waals surface area contributed by atoms with E-state index in [0.717, 1.165) is 5.56 Å². The molecule has 1 aromatic rings. The third-order valence-electron chi connectivity index (χ3n) is 4.68. The first-order chi connectivity index (χ1) is 14.2. The SMILES string of the molecule is CC(C)CNC(=O)[C@H](CC(C)C)NC(=O)C1O[C@@H]1C(=O)NCCc1ccc(O)cc1. The van der Waals surface area contributed by atoms with E-state index in [0.29, 0.717) is 31.8 Å². The summed E-state index contributed by atoms with van der Waals surface area (Å²) in [6.07, 6.45) is -0.594. The zero-order valence-corrected chi connectivity index (χ0v) is 18.1. The first kappa shape index (κ1) is 23.7. The van der Waals surface area contributed by atoms with Gasteiger partial charge < -0.3 is 25.8 Å².